The molecular formula is C9H13NO3. The van der Waals surface area contributed by atoms with Crippen molar-refractivity contribution in [3.8, 4) is 12.3 Å². The Morgan fingerprint density at radius 3 is 2.77 bits per heavy atom. The van der Waals surface area contributed by atoms with Crippen LogP contribution in [0.15, 0.2) is 0 Å². The zero-order valence-electron chi connectivity index (χ0n) is 7.38. The molecular weight excluding hydrogens is 170 g/mol. The Labute approximate surface area is 77.3 Å². The van der Waals surface area contributed by atoms with Gasteiger partial charge in [0, 0.05) is 26.1 Å². The highest BCUT2D eigenvalue weighted by atomic mass is 16.5. The Hall–Kier alpha value is -1.05. The summed E-state index contributed by atoms with van der Waals surface area (Å²) in [5.74, 6) is 1.89. The van der Waals surface area contributed by atoms with Crippen molar-refractivity contribution in [3.63, 3.8) is 0 Å². The van der Waals surface area contributed by atoms with Crippen molar-refractivity contribution in [1.29, 1.82) is 0 Å². The molecule has 4 heteroatoms. The molecule has 0 spiro atoms. The maximum absolute atomic E-state index is 11.4. The molecule has 1 amide bonds. The molecule has 2 N–H and O–H groups in total. The van der Waals surface area contributed by atoms with Gasteiger partial charge in [-0.15, -0.1) is 6.42 Å². The summed E-state index contributed by atoms with van der Waals surface area (Å²) in [7, 11) is 0. The minimum Gasteiger partial charge on any atom is -0.381 e. The Balaban J connectivity index is 2.47. The topological polar surface area (TPSA) is 58.6 Å². The first kappa shape index (κ1) is 10.0. The summed E-state index contributed by atoms with van der Waals surface area (Å²) in [6, 6.07) is 0. The molecule has 72 valence electrons. The fraction of sp³-hybridized carbons (Fsp3) is 0.667. The van der Waals surface area contributed by atoms with Gasteiger partial charge in [0.05, 0.1) is 6.54 Å². The van der Waals surface area contributed by atoms with Gasteiger partial charge in [0.15, 0.2) is 0 Å². The summed E-state index contributed by atoms with van der Waals surface area (Å²) < 4.78 is 5.04. The van der Waals surface area contributed by atoms with Gasteiger partial charge in [-0.25, -0.2) is 0 Å². The standard InChI is InChI=1S/C9H13NO3/c1-2-5-10-8(11)9(12)3-6-13-7-4-9/h1,12H,3-7H2,(H,10,11). The Morgan fingerprint density at radius 2 is 2.23 bits per heavy atom. The van der Waals surface area contributed by atoms with Crippen molar-refractivity contribution >= 4 is 5.91 Å². The summed E-state index contributed by atoms with van der Waals surface area (Å²) in [6.45, 7) is 0.988. The van der Waals surface area contributed by atoms with E-state index in [0.717, 1.165) is 0 Å². The zero-order valence-corrected chi connectivity index (χ0v) is 7.38. The predicted molar refractivity (Wildman–Crippen MR) is 46.8 cm³/mol. The fourth-order valence-electron chi connectivity index (χ4n) is 1.23. The minimum atomic E-state index is -1.28. The first-order valence-corrected chi connectivity index (χ1v) is 4.21. The number of hydrogen-bond acceptors (Lipinski definition) is 3. The van der Waals surface area contributed by atoms with E-state index in [1.807, 2.05) is 0 Å². The maximum atomic E-state index is 11.4. The summed E-state index contributed by atoms with van der Waals surface area (Å²) in [4.78, 5) is 11.4. The Kier molecular flexibility index (Phi) is 3.29. The normalized spacial score (nSPS) is 20.3. The van der Waals surface area contributed by atoms with Gasteiger partial charge < -0.3 is 15.2 Å². The molecule has 0 aromatic carbocycles. The van der Waals surface area contributed by atoms with E-state index in [2.05, 4.69) is 11.2 Å². The quantitative estimate of drug-likeness (QED) is 0.555. The lowest BCUT2D eigenvalue weighted by molar-refractivity contribution is -0.149. The zero-order chi connectivity index (χ0) is 9.73. The van der Waals surface area contributed by atoms with Crippen LogP contribution in [0.1, 0.15) is 12.8 Å². The van der Waals surface area contributed by atoms with E-state index in [4.69, 9.17) is 11.2 Å². The van der Waals surface area contributed by atoms with Crippen molar-refractivity contribution < 1.29 is 14.6 Å². The lowest BCUT2D eigenvalue weighted by Gasteiger charge is -2.30. The van der Waals surface area contributed by atoms with Crippen LogP contribution >= 0.6 is 0 Å². The van der Waals surface area contributed by atoms with E-state index in [1.54, 1.807) is 0 Å². The summed E-state index contributed by atoms with van der Waals surface area (Å²) in [6.07, 6.45) is 5.65. The van der Waals surface area contributed by atoms with Crippen LogP contribution in [0.4, 0.5) is 0 Å². The highest BCUT2D eigenvalue weighted by Gasteiger charge is 2.37. The van der Waals surface area contributed by atoms with E-state index in [-0.39, 0.29) is 6.54 Å². The maximum Gasteiger partial charge on any atom is 0.252 e. The number of rotatable bonds is 2. The smallest absolute Gasteiger partial charge is 0.252 e. The van der Waals surface area contributed by atoms with Gasteiger partial charge in [-0.2, -0.15) is 0 Å². The van der Waals surface area contributed by atoms with Gasteiger partial charge in [-0.1, -0.05) is 5.92 Å². The van der Waals surface area contributed by atoms with E-state index in [9.17, 15) is 9.90 Å². The largest absolute Gasteiger partial charge is 0.381 e. The van der Waals surface area contributed by atoms with Crippen LogP contribution in [0.2, 0.25) is 0 Å². The molecule has 1 fully saturated rings. The summed E-state index contributed by atoms with van der Waals surface area (Å²) in [5, 5.41) is 12.3. The average Bonchev–Trinajstić information content (AvgIpc) is 2.15. The molecule has 0 aromatic heterocycles. The average molecular weight is 183 g/mol. The van der Waals surface area contributed by atoms with Crippen LogP contribution in [-0.2, 0) is 9.53 Å². The van der Waals surface area contributed by atoms with Gasteiger partial charge >= 0.3 is 0 Å². The lowest BCUT2D eigenvalue weighted by atomic mass is 9.93. The first-order valence-electron chi connectivity index (χ1n) is 4.21. The number of ether oxygens (including phenoxy) is 1. The highest BCUT2D eigenvalue weighted by Crippen LogP contribution is 2.20. The number of nitrogens with one attached hydrogen (secondary N) is 1. The Bertz CT molecular complexity index is 226. The monoisotopic (exact) mass is 183 g/mol. The van der Waals surface area contributed by atoms with Crippen LogP contribution in [0, 0.1) is 12.3 Å². The molecule has 1 rings (SSSR count). The van der Waals surface area contributed by atoms with Gasteiger partial charge in [-0.3, -0.25) is 4.79 Å². The molecule has 1 aliphatic heterocycles. The SMILES string of the molecule is C#CCNC(=O)C1(O)CCOCC1. The second kappa shape index (κ2) is 4.26. The number of carbonyl (C=O) groups is 1. The van der Waals surface area contributed by atoms with Crippen LogP contribution in [0.25, 0.3) is 0 Å². The summed E-state index contributed by atoms with van der Waals surface area (Å²) in [5.41, 5.74) is -1.28. The van der Waals surface area contributed by atoms with E-state index < -0.39 is 11.5 Å². The van der Waals surface area contributed by atoms with Crippen LogP contribution in [0.3, 0.4) is 0 Å². The molecule has 0 unspecified atom stereocenters. The van der Waals surface area contributed by atoms with Gasteiger partial charge in [0.1, 0.15) is 5.60 Å². The van der Waals surface area contributed by atoms with Crippen LogP contribution in [-0.4, -0.2) is 36.4 Å². The molecule has 0 aliphatic carbocycles. The number of terminal acetylenes is 1. The van der Waals surface area contributed by atoms with E-state index in [1.165, 1.54) is 0 Å². The van der Waals surface area contributed by atoms with Crippen LogP contribution in [0.5, 0.6) is 0 Å². The molecule has 1 aliphatic rings. The van der Waals surface area contributed by atoms with Gasteiger partial charge in [0.2, 0.25) is 0 Å². The molecule has 0 saturated carbocycles. The second-order valence-electron chi connectivity index (χ2n) is 3.03. The third-order valence-corrected chi connectivity index (χ3v) is 2.09. The van der Waals surface area contributed by atoms with Gasteiger partial charge in [0.25, 0.3) is 5.91 Å². The Morgan fingerprint density at radius 1 is 1.62 bits per heavy atom. The van der Waals surface area contributed by atoms with Crippen molar-refractivity contribution in [1.82, 2.24) is 5.32 Å². The van der Waals surface area contributed by atoms with Crippen LogP contribution < -0.4 is 5.32 Å². The molecule has 1 saturated heterocycles. The lowest BCUT2D eigenvalue weighted by Crippen LogP contribution is -2.50. The molecule has 13 heavy (non-hydrogen) atoms. The number of carbonyl (C=O) groups excluding carboxylic acids is 1. The van der Waals surface area contributed by atoms with E-state index >= 15 is 0 Å². The molecule has 1 heterocycles. The predicted octanol–water partition coefficient (Wildman–Crippen LogP) is -0.723. The number of hydrogen-bond donors (Lipinski definition) is 2. The molecule has 4 nitrogen and oxygen atoms in total. The molecule has 0 radical (unpaired) electrons. The van der Waals surface area contributed by atoms with Crippen molar-refractivity contribution in [2.24, 2.45) is 0 Å². The number of amides is 1. The fourth-order valence-corrected chi connectivity index (χ4v) is 1.23. The molecule has 0 aromatic rings. The van der Waals surface area contributed by atoms with Gasteiger partial charge in [-0.05, 0) is 0 Å². The summed E-state index contributed by atoms with van der Waals surface area (Å²) >= 11 is 0. The highest BCUT2D eigenvalue weighted by molar-refractivity contribution is 5.85. The second-order valence-corrected chi connectivity index (χ2v) is 3.03. The van der Waals surface area contributed by atoms with Crippen molar-refractivity contribution in [2.45, 2.75) is 18.4 Å². The number of aliphatic hydroxyl groups is 1. The van der Waals surface area contributed by atoms with E-state index in [0.29, 0.717) is 26.1 Å². The third kappa shape index (κ3) is 2.44. The minimum absolute atomic E-state index is 0.155. The first-order chi connectivity index (χ1) is 6.19. The third-order valence-electron chi connectivity index (χ3n) is 2.09. The van der Waals surface area contributed by atoms with Crippen molar-refractivity contribution in [3.05, 3.63) is 0 Å². The van der Waals surface area contributed by atoms with Crippen molar-refractivity contribution in [2.75, 3.05) is 19.8 Å². The molecule has 0 bridgehead atoms. The molecule has 0 atom stereocenters.